The maximum absolute atomic E-state index is 12.5. The van der Waals surface area contributed by atoms with Crippen LogP contribution in [0.3, 0.4) is 0 Å². The summed E-state index contributed by atoms with van der Waals surface area (Å²) in [5, 5.41) is 105. The Hall–Kier alpha value is -3.84. The predicted molar refractivity (Wildman–Crippen MR) is 210 cm³/mol. The highest BCUT2D eigenvalue weighted by Crippen LogP contribution is 2.18. The lowest BCUT2D eigenvalue weighted by molar-refractivity contribution is -0.124. The Morgan fingerprint density at radius 3 is 1.93 bits per heavy atom. The summed E-state index contributed by atoms with van der Waals surface area (Å²) >= 11 is 5.81. The van der Waals surface area contributed by atoms with Crippen LogP contribution < -0.4 is 33.2 Å². The number of guanidine groups is 1. The van der Waals surface area contributed by atoms with Crippen LogP contribution in [0.25, 0.3) is 0 Å². The van der Waals surface area contributed by atoms with E-state index in [1.807, 2.05) is 24.3 Å². The Labute approximate surface area is 335 Å². The predicted octanol–water partition coefficient (Wildman–Crippen LogP) is -4.46. The molecule has 21 nitrogen and oxygen atoms in total. The third-order valence-corrected chi connectivity index (χ3v) is 9.67. The van der Waals surface area contributed by atoms with Gasteiger partial charge in [0, 0.05) is 19.6 Å². The van der Waals surface area contributed by atoms with Gasteiger partial charge in [0.15, 0.2) is 28.4 Å². The van der Waals surface area contributed by atoms with Crippen LogP contribution in [0.5, 0.6) is 0 Å². The number of carbonyl (C=O) groups is 2. The van der Waals surface area contributed by atoms with Crippen molar-refractivity contribution in [3.63, 3.8) is 0 Å². The van der Waals surface area contributed by atoms with E-state index in [9.17, 15) is 45.3 Å². The number of aliphatic hydroxyl groups excluding tert-OH is 9. The van der Waals surface area contributed by atoms with Crippen molar-refractivity contribution in [2.75, 3.05) is 57.4 Å². The number of carbonyl (C=O) groups excluding carboxylic acids is 2. The highest BCUT2D eigenvalue weighted by molar-refractivity contribution is 6.31. The lowest BCUT2D eigenvalue weighted by Crippen LogP contribution is -2.54. The molecule has 0 aliphatic rings. The van der Waals surface area contributed by atoms with E-state index in [0.717, 1.165) is 24.0 Å². The van der Waals surface area contributed by atoms with Crippen molar-refractivity contribution in [1.29, 1.82) is 5.41 Å². The zero-order valence-electron chi connectivity index (χ0n) is 31.8. The SMILES string of the molecule is C[C@](CCc1ccc(CCCCNC(=N)NC(=O)c2nc(Cl)c(N)nc2N)cc1)(NCCCN(C[C@H](O)[C@@H](O)[C@H](O)[C@H](O)CO)C[C@H](O)[C@@H](O)[C@H](O)CO)C(N)=O. The van der Waals surface area contributed by atoms with Crippen molar-refractivity contribution in [3.8, 4) is 0 Å². The summed E-state index contributed by atoms with van der Waals surface area (Å²) in [6.45, 7) is 0.0511. The lowest BCUT2D eigenvalue weighted by Gasteiger charge is -2.33. The minimum absolute atomic E-state index is 0.113. The van der Waals surface area contributed by atoms with Gasteiger partial charge in [-0.2, -0.15) is 0 Å². The number of aromatic nitrogens is 2. The van der Waals surface area contributed by atoms with E-state index < -0.39 is 73.3 Å². The number of aliphatic hydroxyl groups is 9. The van der Waals surface area contributed by atoms with Gasteiger partial charge in [0.2, 0.25) is 5.91 Å². The number of halogens is 1. The number of nitrogen functional groups attached to an aromatic ring is 2. The number of unbranched alkanes of at least 4 members (excludes halogenated alkanes) is 1. The first-order chi connectivity index (χ1) is 26.8. The standard InChI is InChI=1S/C35H59ClN10O11/c1-35(33(39)57,42-13-4-14-46(15-21(49)26(53)23(51)17-47)16-22(50)27(54)28(55)24(52)18-48)11-10-20-8-6-19(7-9-20)5-2-3-12-41-34(40)45-32(56)25-30(37)44-31(38)29(36)43-25/h6-9,21-24,26-28,42,47-55H,2-5,10-18H2,1H3,(H2,39,57)(H4,37,38,44)(H3,40,41,45,56)/t21-,22-,23+,24+,26+,27+,28+,35+/m0/s1. The Balaban J connectivity index is 1.85. The van der Waals surface area contributed by atoms with E-state index in [-0.39, 0.29) is 54.6 Å². The minimum atomic E-state index is -1.88. The van der Waals surface area contributed by atoms with Gasteiger partial charge in [-0.1, -0.05) is 35.9 Å². The van der Waals surface area contributed by atoms with Gasteiger partial charge in [-0.25, -0.2) is 9.97 Å². The van der Waals surface area contributed by atoms with Gasteiger partial charge in [-0.05, 0) is 69.7 Å². The van der Waals surface area contributed by atoms with Gasteiger partial charge in [-0.15, -0.1) is 0 Å². The number of nitrogens with two attached hydrogens (primary N) is 3. The first-order valence-corrected chi connectivity index (χ1v) is 18.8. The van der Waals surface area contributed by atoms with Crippen molar-refractivity contribution in [2.24, 2.45) is 5.73 Å². The maximum Gasteiger partial charge on any atom is 0.280 e. The zero-order valence-corrected chi connectivity index (χ0v) is 32.6. The summed E-state index contributed by atoms with van der Waals surface area (Å²) in [6.07, 6.45) is -8.69. The second-order valence-corrected chi connectivity index (χ2v) is 14.4. The third kappa shape index (κ3) is 16.1. The molecule has 0 saturated heterocycles. The average molecular weight is 831 g/mol. The minimum Gasteiger partial charge on any atom is -0.394 e. The van der Waals surface area contributed by atoms with Crippen molar-refractivity contribution < 1.29 is 55.5 Å². The fourth-order valence-corrected chi connectivity index (χ4v) is 5.78. The van der Waals surface area contributed by atoms with Gasteiger partial charge >= 0.3 is 0 Å². The number of nitrogens with zero attached hydrogens (tertiary/aromatic N) is 3. The molecule has 1 aromatic carbocycles. The summed E-state index contributed by atoms with van der Waals surface area (Å²) in [4.78, 5) is 33.9. The van der Waals surface area contributed by atoms with Gasteiger partial charge < -0.3 is 73.8 Å². The zero-order chi connectivity index (χ0) is 42.9. The second-order valence-electron chi connectivity index (χ2n) is 14.0. The summed E-state index contributed by atoms with van der Waals surface area (Å²) in [5.74, 6) is -1.91. The van der Waals surface area contributed by atoms with Gasteiger partial charge in [0.05, 0.1) is 31.0 Å². The molecule has 0 aliphatic heterocycles. The van der Waals surface area contributed by atoms with Crippen molar-refractivity contribution in [3.05, 3.63) is 46.2 Å². The van der Waals surface area contributed by atoms with Crippen LogP contribution in [0.1, 0.15) is 54.2 Å². The summed E-state index contributed by atoms with van der Waals surface area (Å²) < 4.78 is 0. The molecule has 1 heterocycles. The van der Waals surface area contributed by atoms with E-state index in [2.05, 4.69) is 25.9 Å². The van der Waals surface area contributed by atoms with Crippen LogP contribution in [0, 0.1) is 5.41 Å². The number of amides is 2. The molecule has 0 bridgehead atoms. The summed E-state index contributed by atoms with van der Waals surface area (Å²) in [5.41, 5.74) is 17.6. The van der Waals surface area contributed by atoms with Gasteiger partial charge in [-0.3, -0.25) is 25.2 Å². The fourth-order valence-electron chi connectivity index (χ4n) is 5.66. The largest absolute Gasteiger partial charge is 0.394 e. The molecule has 57 heavy (non-hydrogen) atoms. The first kappa shape index (κ1) is 49.3. The molecule has 0 saturated carbocycles. The van der Waals surface area contributed by atoms with Crippen molar-refractivity contribution in [1.82, 2.24) is 30.8 Å². The lowest BCUT2D eigenvalue weighted by atomic mass is 9.91. The highest BCUT2D eigenvalue weighted by atomic mass is 35.5. The van der Waals surface area contributed by atoms with Gasteiger partial charge in [0.25, 0.3) is 5.91 Å². The molecule has 8 atom stereocenters. The van der Waals surface area contributed by atoms with E-state index in [1.165, 1.54) is 4.90 Å². The van der Waals surface area contributed by atoms with Crippen LogP contribution in [0.2, 0.25) is 5.15 Å². The van der Waals surface area contributed by atoms with Crippen LogP contribution in [0.4, 0.5) is 11.6 Å². The van der Waals surface area contributed by atoms with Crippen LogP contribution in [0.15, 0.2) is 24.3 Å². The molecule has 0 fully saturated rings. The number of hydrogen-bond donors (Lipinski definition) is 16. The number of nitrogens with one attached hydrogen (secondary N) is 4. The van der Waals surface area contributed by atoms with E-state index in [0.29, 0.717) is 32.2 Å². The molecular formula is C35H59ClN10O11. The Bertz CT molecular complexity index is 1570. The smallest absolute Gasteiger partial charge is 0.280 e. The van der Waals surface area contributed by atoms with Crippen LogP contribution >= 0.6 is 11.6 Å². The number of benzene rings is 1. The first-order valence-electron chi connectivity index (χ1n) is 18.4. The fraction of sp³-hybridized carbons (Fsp3) is 0.629. The topological polar surface area (TPSA) is 383 Å². The molecule has 0 aliphatic carbocycles. The molecule has 0 unspecified atom stereocenters. The second kappa shape index (κ2) is 24.2. The quantitative estimate of drug-likeness (QED) is 0.0241. The number of anilines is 2. The number of primary amides is 1. The molecular weight excluding hydrogens is 772 g/mol. The van der Waals surface area contributed by atoms with E-state index >= 15 is 0 Å². The van der Waals surface area contributed by atoms with Crippen molar-refractivity contribution in [2.45, 2.75) is 93.7 Å². The third-order valence-electron chi connectivity index (χ3n) is 9.39. The molecule has 19 N–H and O–H groups in total. The van der Waals surface area contributed by atoms with Crippen LogP contribution in [-0.4, -0.2) is 173 Å². The summed E-state index contributed by atoms with van der Waals surface area (Å²) in [7, 11) is 0. The summed E-state index contributed by atoms with van der Waals surface area (Å²) in [6, 6.07) is 7.88. The number of rotatable bonds is 26. The van der Waals surface area contributed by atoms with Crippen LogP contribution in [-0.2, 0) is 17.6 Å². The molecule has 2 aromatic rings. The molecule has 22 heteroatoms. The normalized spacial score (nSPS) is 16.5. The molecule has 0 spiro atoms. The molecule has 322 valence electrons. The molecule has 2 amide bonds. The number of hydrogen-bond acceptors (Lipinski definition) is 18. The van der Waals surface area contributed by atoms with E-state index in [1.54, 1.807) is 6.92 Å². The Morgan fingerprint density at radius 1 is 0.807 bits per heavy atom. The Kier molecular flexibility index (Phi) is 20.9. The molecule has 1 aromatic heterocycles. The monoisotopic (exact) mass is 830 g/mol. The van der Waals surface area contributed by atoms with Gasteiger partial charge in [0.1, 0.15) is 30.5 Å². The maximum atomic E-state index is 12.5. The molecule has 0 radical (unpaired) electrons. The van der Waals surface area contributed by atoms with Crippen molar-refractivity contribution >= 4 is 41.0 Å². The average Bonchev–Trinajstić information content (AvgIpc) is 3.18. The molecule has 2 rings (SSSR count). The number of aryl methyl sites for hydroxylation is 2. The highest BCUT2D eigenvalue weighted by Gasteiger charge is 2.33. The van der Waals surface area contributed by atoms with E-state index in [4.69, 9.17) is 44.4 Å². The Morgan fingerprint density at radius 2 is 1.35 bits per heavy atom.